The second kappa shape index (κ2) is 7.84. The Hall–Kier alpha value is 0.611. The summed E-state index contributed by atoms with van der Waals surface area (Å²) >= 11 is 0. The zero-order chi connectivity index (χ0) is 10.2. The van der Waals surface area contributed by atoms with E-state index < -0.39 is 0 Å². The minimum absolute atomic E-state index is 0.0919. The molecule has 1 aliphatic rings. The van der Waals surface area contributed by atoms with E-state index in [1.165, 1.54) is 32.3 Å². The first-order valence-corrected chi connectivity index (χ1v) is 15.9. The number of hydrogen-bond donors (Lipinski definition) is 0. The average molecular weight is 247 g/mol. The Labute approximate surface area is 95.0 Å². The third-order valence-corrected chi connectivity index (χ3v) is 23.3. The maximum atomic E-state index is 5.63. The van der Waals surface area contributed by atoms with Crippen LogP contribution >= 0.6 is 0 Å². The van der Waals surface area contributed by atoms with Crippen molar-refractivity contribution in [3.63, 3.8) is 0 Å². The quantitative estimate of drug-likeness (QED) is 0.639. The number of unbranched alkanes of at least 4 members (excludes halogenated alkanes) is 1. The van der Waals surface area contributed by atoms with E-state index in [-0.39, 0.29) is 17.6 Å². The molecule has 14 heavy (non-hydrogen) atoms. The molecule has 84 valence electrons. The maximum absolute atomic E-state index is 5.63. The summed E-state index contributed by atoms with van der Waals surface area (Å²) in [4.78, 5) is 0. The summed E-state index contributed by atoms with van der Waals surface area (Å²) in [5.41, 5.74) is 0. The van der Waals surface area contributed by atoms with E-state index in [0.717, 1.165) is 5.92 Å². The van der Waals surface area contributed by atoms with Gasteiger partial charge >= 0.3 is 0 Å². The van der Waals surface area contributed by atoms with Crippen molar-refractivity contribution < 1.29 is 4.43 Å². The van der Waals surface area contributed by atoms with E-state index in [0.29, 0.717) is 8.55 Å². The van der Waals surface area contributed by atoms with Gasteiger partial charge in [-0.1, -0.05) is 45.6 Å². The molecule has 0 saturated carbocycles. The Bertz CT molecular complexity index is 137. The van der Waals surface area contributed by atoms with Gasteiger partial charge in [-0.25, -0.2) is 0 Å². The molecule has 0 N–H and O–H groups in total. The fourth-order valence-electron chi connectivity index (χ4n) is 2.43. The lowest BCUT2D eigenvalue weighted by molar-refractivity contribution is 0.365. The maximum Gasteiger partial charge on any atom is 0.140 e. The predicted octanol–water partition coefficient (Wildman–Crippen LogP) is 1.12. The van der Waals surface area contributed by atoms with Crippen LogP contribution in [-0.4, -0.2) is 32.8 Å². The summed E-state index contributed by atoms with van der Waals surface area (Å²) in [7, 11) is 0.326. The van der Waals surface area contributed by atoms with Crippen molar-refractivity contribution in [2.45, 2.75) is 51.6 Å². The molecule has 1 fully saturated rings. The van der Waals surface area contributed by atoms with Gasteiger partial charge in [0.2, 0.25) is 0 Å². The van der Waals surface area contributed by atoms with Crippen molar-refractivity contribution in [2.24, 2.45) is 5.92 Å². The lowest BCUT2D eigenvalue weighted by atomic mass is 10.0. The molecule has 2 atom stereocenters. The highest BCUT2D eigenvalue weighted by atomic mass is 29.5. The van der Waals surface area contributed by atoms with Crippen molar-refractivity contribution in [1.82, 2.24) is 0 Å². The fourth-order valence-corrected chi connectivity index (χ4v) is 21.2. The number of rotatable bonds is 6. The Morgan fingerprint density at radius 1 is 1.43 bits per heavy atom. The van der Waals surface area contributed by atoms with Gasteiger partial charge in [0.25, 0.3) is 0 Å². The highest BCUT2D eigenvalue weighted by Crippen LogP contribution is 2.20. The Morgan fingerprint density at radius 2 is 2.29 bits per heavy atom. The molecular weight excluding hydrogens is 220 g/mol. The third kappa shape index (κ3) is 4.91. The van der Waals surface area contributed by atoms with Crippen LogP contribution in [0, 0.1) is 5.92 Å². The van der Waals surface area contributed by atoms with Gasteiger partial charge in [-0.3, -0.25) is 0 Å². The Kier molecular flexibility index (Phi) is 7.10. The summed E-state index contributed by atoms with van der Waals surface area (Å²) in [6.07, 6.45) is 5.82. The average Bonchev–Trinajstić information content (AvgIpc) is 2.25. The standard InChI is InChI=1S/C10H26OSi3/c1-3-5-6-10(4-2)9-14-8-7-11-12-13-14/h10,14H,3-9,12-13H2,1-2H3. The zero-order valence-electron chi connectivity index (χ0n) is 9.93. The van der Waals surface area contributed by atoms with Crippen LogP contribution in [0.3, 0.4) is 0 Å². The Balaban J connectivity index is 2.16. The smallest absolute Gasteiger partial charge is 0.140 e. The first-order chi connectivity index (χ1) is 6.86. The van der Waals surface area contributed by atoms with Crippen LogP contribution in [0.5, 0.6) is 0 Å². The molecule has 1 heterocycles. The predicted molar refractivity (Wildman–Crippen MR) is 73.1 cm³/mol. The minimum atomic E-state index is -0.169. The van der Waals surface area contributed by atoms with E-state index in [1.807, 2.05) is 0 Å². The summed E-state index contributed by atoms with van der Waals surface area (Å²) in [5, 5.41) is 0. The van der Waals surface area contributed by atoms with Crippen molar-refractivity contribution in [3.8, 4) is 0 Å². The van der Waals surface area contributed by atoms with E-state index in [1.54, 1.807) is 12.1 Å². The highest BCUT2D eigenvalue weighted by Gasteiger charge is 2.19. The minimum Gasteiger partial charge on any atom is -0.428 e. The van der Waals surface area contributed by atoms with Crippen molar-refractivity contribution in [2.75, 3.05) is 6.61 Å². The van der Waals surface area contributed by atoms with Crippen LogP contribution in [0.25, 0.3) is 0 Å². The summed E-state index contributed by atoms with van der Waals surface area (Å²) < 4.78 is 5.63. The zero-order valence-corrected chi connectivity index (χ0v) is 13.9. The molecule has 1 rings (SSSR count). The van der Waals surface area contributed by atoms with Gasteiger partial charge in [0.1, 0.15) is 9.28 Å². The number of hydrogen-bond acceptors (Lipinski definition) is 1. The fraction of sp³-hybridized carbons (Fsp3) is 1.00. The molecule has 0 aromatic carbocycles. The summed E-state index contributed by atoms with van der Waals surface area (Å²) in [5.74, 6) is 1.10. The highest BCUT2D eigenvalue weighted by molar-refractivity contribution is 7.35. The van der Waals surface area contributed by atoms with Crippen LogP contribution < -0.4 is 0 Å². The van der Waals surface area contributed by atoms with Gasteiger partial charge in [-0.2, -0.15) is 0 Å². The largest absolute Gasteiger partial charge is 0.428 e. The lowest BCUT2D eigenvalue weighted by Gasteiger charge is -2.24. The van der Waals surface area contributed by atoms with Crippen LogP contribution in [0.15, 0.2) is 0 Å². The molecule has 0 aromatic heterocycles. The monoisotopic (exact) mass is 246 g/mol. The summed E-state index contributed by atoms with van der Waals surface area (Å²) in [6, 6.07) is 3.24. The van der Waals surface area contributed by atoms with Crippen molar-refractivity contribution in [1.29, 1.82) is 0 Å². The molecule has 4 heteroatoms. The first kappa shape index (κ1) is 12.7. The molecule has 0 bridgehead atoms. The molecule has 0 spiro atoms. The van der Waals surface area contributed by atoms with E-state index in [9.17, 15) is 0 Å². The van der Waals surface area contributed by atoms with Crippen molar-refractivity contribution in [3.05, 3.63) is 0 Å². The van der Waals surface area contributed by atoms with Gasteiger partial charge in [-0.05, 0) is 12.0 Å². The third-order valence-electron chi connectivity index (χ3n) is 3.55. The normalized spacial score (nSPS) is 28.3. The van der Waals surface area contributed by atoms with E-state index in [4.69, 9.17) is 4.43 Å². The SMILES string of the molecule is CCCCC(CC)C[SiH]1CCO[SiH2][SiH2]1. The van der Waals surface area contributed by atoms with Crippen LogP contribution in [0.1, 0.15) is 39.5 Å². The molecule has 0 aromatic rings. The summed E-state index contributed by atoms with van der Waals surface area (Å²) in [6.45, 7) is 5.88. The lowest BCUT2D eigenvalue weighted by Crippen LogP contribution is -2.36. The van der Waals surface area contributed by atoms with E-state index >= 15 is 0 Å². The molecular formula is C10H26OSi3. The topological polar surface area (TPSA) is 9.23 Å². The van der Waals surface area contributed by atoms with Crippen LogP contribution in [0.4, 0.5) is 0 Å². The van der Waals surface area contributed by atoms with E-state index in [2.05, 4.69) is 13.8 Å². The second-order valence-electron chi connectivity index (χ2n) is 4.71. The van der Waals surface area contributed by atoms with Gasteiger partial charge in [-0.15, -0.1) is 0 Å². The molecule has 0 radical (unpaired) electrons. The second-order valence-corrected chi connectivity index (χ2v) is 20.5. The molecule has 2 unspecified atom stereocenters. The van der Waals surface area contributed by atoms with Gasteiger partial charge in [0.05, 0.1) is 0 Å². The first-order valence-electron chi connectivity index (χ1n) is 6.44. The molecule has 0 amide bonds. The molecule has 1 aliphatic heterocycles. The molecule has 1 saturated heterocycles. The van der Waals surface area contributed by atoms with Crippen LogP contribution in [0.2, 0.25) is 12.1 Å². The van der Waals surface area contributed by atoms with Crippen LogP contribution in [-0.2, 0) is 4.43 Å². The van der Waals surface area contributed by atoms with Gasteiger partial charge in [0, 0.05) is 23.5 Å². The van der Waals surface area contributed by atoms with Gasteiger partial charge < -0.3 is 4.43 Å². The molecule has 1 nitrogen and oxygen atoms in total. The van der Waals surface area contributed by atoms with Crippen molar-refractivity contribution >= 4 is 26.1 Å². The Morgan fingerprint density at radius 3 is 2.86 bits per heavy atom. The van der Waals surface area contributed by atoms with Gasteiger partial charge in [0.15, 0.2) is 0 Å². The molecule has 0 aliphatic carbocycles.